The molecule has 23 heavy (non-hydrogen) atoms. The van der Waals surface area contributed by atoms with Crippen molar-refractivity contribution in [3.05, 3.63) is 53.6 Å². The largest absolute Gasteiger partial charge is 0.355 e. The Bertz CT molecular complexity index is 1050. The van der Waals surface area contributed by atoms with E-state index < -0.39 is 0 Å². The van der Waals surface area contributed by atoms with Gasteiger partial charge in [0.1, 0.15) is 23.5 Å². The van der Waals surface area contributed by atoms with Gasteiger partial charge in [-0.25, -0.2) is 0 Å². The molecule has 0 unspecified atom stereocenters. The van der Waals surface area contributed by atoms with Gasteiger partial charge >= 0.3 is 0 Å². The minimum atomic E-state index is 0.308. The van der Waals surface area contributed by atoms with Crippen LogP contribution in [0, 0.1) is 0 Å². The third-order valence-corrected chi connectivity index (χ3v) is 4.61. The summed E-state index contributed by atoms with van der Waals surface area (Å²) in [5.74, 6) is 0. The third kappa shape index (κ3) is 2.13. The van der Waals surface area contributed by atoms with Gasteiger partial charge in [0.05, 0.1) is 0 Å². The molecule has 0 aliphatic rings. The van der Waals surface area contributed by atoms with E-state index in [9.17, 15) is 0 Å². The Morgan fingerprint density at radius 1 is 0.783 bits per heavy atom. The van der Waals surface area contributed by atoms with Crippen LogP contribution in [0.3, 0.4) is 0 Å². The average molecular weight is 307 g/mol. The molecular weight excluding hydrogens is 298 g/mol. The lowest BCUT2D eigenvalue weighted by molar-refractivity contribution is 1.56. The maximum atomic E-state index is 6.20. The number of rotatable bonds is 1. The van der Waals surface area contributed by atoms with Crippen LogP contribution in [0.5, 0.6) is 0 Å². The van der Waals surface area contributed by atoms with Crippen molar-refractivity contribution in [3.63, 3.8) is 0 Å². The van der Waals surface area contributed by atoms with Crippen molar-refractivity contribution in [1.29, 1.82) is 0 Å². The topological polar surface area (TPSA) is 15.8 Å². The molecule has 0 saturated carbocycles. The van der Waals surface area contributed by atoms with Crippen LogP contribution in [0.25, 0.3) is 32.9 Å². The summed E-state index contributed by atoms with van der Waals surface area (Å²) in [6.07, 6.45) is 0. The van der Waals surface area contributed by atoms with Crippen LogP contribution >= 0.6 is 11.6 Å². The van der Waals surface area contributed by atoms with E-state index in [1.165, 1.54) is 0 Å². The molecule has 0 atom stereocenters. The fourth-order valence-electron chi connectivity index (χ4n) is 3.00. The molecule has 1 N–H and O–H groups in total. The fourth-order valence-corrected chi connectivity index (χ4v) is 3.19. The van der Waals surface area contributed by atoms with Gasteiger partial charge in [0.25, 0.3) is 0 Å². The van der Waals surface area contributed by atoms with Crippen molar-refractivity contribution in [2.45, 2.75) is 0 Å². The van der Waals surface area contributed by atoms with Crippen molar-refractivity contribution in [2.24, 2.45) is 0 Å². The Morgan fingerprint density at radius 2 is 1.52 bits per heavy atom. The van der Waals surface area contributed by atoms with Gasteiger partial charge in [0, 0.05) is 26.8 Å². The van der Waals surface area contributed by atoms with Crippen LogP contribution in [-0.2, 0) is 0 Å². The Labute approximate surface area is 143 Å². The SMILES string of the molecule is [B]c1c(Cl)c([B])c2c([nH]c3cc(-c4ccccc4)ccc32)c1[B]. The van der Waals surface area contributed by atoms with Crippen LogP contribution < -0.4 is 16.4 Å². The zero-order valence-electron chi connectivity index (χ0n) is 12.2. The first-order valence-corrected chi connectivity index (χ1v) is 7.58. The summed E-state index contributed by atoms with van der Waals surface area (Å²) in [5, 5.41) is 2.10. The van der Waals surface area contributed by atoms with Crippen LogP contribution in [0.4, 0.5) is 0 Å². The normalized spacial score (nSPS) is 11.3. The number of benzene rings is 3. The Morgan fingerprint density at radius 3 is 2.26 bits per heavy atom. The molecule has 1 nitrogen and oxygen atoms in total. The van der Waals surface area contributed by atoms with Crippen LogP contribution in [0.1, 0.15) is 0 Å². The molecule has 0 bridgehead atoms. The van der Waals surface area contributed by atoms with Gasteiger partial charge in [-0.1, -0.05) is 70.5 Å². The molecule has 1 aromatic heterocycles. The second-order valence-electron chi connectivity index (χ2n) is 5.56. The molecule has 6 radical (unpaired) electrons. The summed E-state index contributed by atoms with van der Waals surface area (Å²) >= 11 is 6.20. The number of aromatic nitrogens is 1. The Hall–Kier alpha value is -2.06. The number of H-pyrrole nitrogens is 1. The van der Waals surface area contributed by atoms with E-state index in [1.54, 1.807) is 0 Å². The van der Waals surface area contributed by atoms with Crippen molar-refractivity contribution in [2.75, 3.05) is 0 Å². The monoisotopic (exact) mass is 307 g/mol. The van der Waals surface area contributed by atoms with Crippen LogP contribution in [0.15, 0.2) is 48.5 Å². The minimum absolute atomic E-state index is 0.308. The quantitative estimate of drug-likeness (QED) is 0.518. The van der Waals surface area contributed by atoms with E-state index in [1.807, 2.05) is 24.3 Å². The predicted octanol–water partition coefficient (Wildman–Crippen LogP) is 2.02. The highest BCUT2D eigenvalue weighted by Gasteiger charge is 2.14. The van der Waals surface area contributed by atoms with E-state index >= 15 is 0 Å². The van der Waals surface area contributed by atoms with Crippen LogP contribution in [0.2, 0.25) is 5.02 Å². The fraction of sp³-hybridized carbons (Fsp3) is 0. The predicted molar refractivity (Wildman–Crippen MR) is 102 cm³/mol. The average Bonchev–Trinajstić information content (AvgIpc) is 2.97. The number of hydrogen-bond donors (Lipinski definition) is 1. The summed E-state index contributed by atoms with van der Waals surface area (Å²) in [6.45, 7) is 0. The summed E-state index contributed by atoms with van der Waals surface area (Å²) < 4.78 is 0. The smallest absolute Gasteiger partial charge is 0.116 e. The van der Waals surface area contributed by atoms with Crippen molar-refractivity contribution < 1.29 is 0 Å². The Kier molecular flexibility index (Phi) is 3.31. The molecule has 0 aliphatic heterocycles. The van der Waals surface area contributed by atoms with Gasteiger partial charge in [-0.2, -0.15) is 0 Å². The molecule has 0 fully saturated rings. The van der Waals surface area contributed by atoms with Crippen molar-refractivity contribution >= 4 is 73.3 Å². The highest BCUT2D eigenvalue weighted by atomic mass is 35.5. The number of fused-ring (bicyclic) bond motifs is 3. The van der Waals surface area contributed by atoms with E-state index in [0.29, 0.717) is 21.4 Å². The lowest BCUT2D eigenvalue weighted by atomic mass is 9.74. The molecule has 5 heteroatoms. The molecule has 4 rings (SSSR count). The number of aromatic amines is 1. The molecular formula is C18H9B3ClN. The van der Waals surface area contributed by atoms with E-state index in [0.717, 1.165) is 32.9 Å². The van der Waals surface area contributed by atoms with Gasteiger partial charge in [-0.15, -0.1) is 0 Å². The molecule has 0 amide bonds. The zero-order chi connectivity index (χ0) is 16.1. The van der Waals surface area contributed by atoms with E-state index in [4.69, 9.17) is 35.1 Å². The van der Waals surface area contributed by atoms with Gasteiger partial charge in [-0.3, -0.25) is 0 Å². The summed E-state index contributed by atoms with van der Waals surface area (Å²) in [7, 11) is 18.2. The van der Waals surface area contributed by atoms with E-state index in [2.05, 4.69) is 29.2 Å². The summed E-state index contributed by atoms with van der Waals surface area (Å²) in [5.41, 5.74) is 5.12. The first kappa shape index (κ1) is 14.5. The number of halogens is 1. The maximum Gasteiger partial charge on any atom is 0.116 e. The molecule has 0 saturated heterocycles. The molecule has 3 aromatic carbocycles. The molecule has 4 aromatic rings. The van der Waals surface area contributed by atoms with Crippen LogP contribution in [-0.4, -0.2) is 28.5 Å². The first-order chi connectivity index (χ1) is 11.1. The maximum absolute atomic E-state index is 6.20. The van der Waals surface area contributed by atoms with Gasteiger partial charge in [0.15, 0.2) is 0 Å². The van der Waals surface area contributed by atoms with Gasteiger partial charge in [0.2, 0.25) is 0 Å². The number of hydrogen-bond acceptors (Lipinski definition) is 0. The zero-order valence-corrected chi connectivity index (χ0v) is 13.0. The lowest BCUT2D eigenvalue weighted by Crippen LogP contribution is -2.32. The first-order valence-electron chi connectivity index (χ1n) is 7.20. The molecule has 1 heterocycles. The Balaban J connectivity index is 2.07. The summed E-state index contributed by atoms with van der Waals surface area (Å²) in [6, 6.07) is 16.3. The van der Waals surface area contributed by atoms with Gasteiger partial charge in [-0.05, 0) is 17.2 Å². The highest BCUT2D eigenvalue weighted by Crippen LogP contribution is 2.28. The minimum Gasteiger partial charge on any atom is -0.355 e. The molecule has 0 aliphatic carbocycles. The second kappa shape index (κ2) is 5.24. The third-order valence-electron chi connectivity index (χ3n) is 4.21. The van der Waals surface area contributed by atoms with Crippen molar-refractivity contribution in [3.8, 4) is 11.1 Å². The highest BCUT2D eigenvalue weighted by molar-refractivity contribution is 6.64. The van der Waals surface area contributed by atoms with E-state index in [-0.39, 0.29) is 0 Å². The summed E-state index contributed by atoms with van der Waals surface area (Å²) in [4.78, 5) is 3.32. The van der Waals surface area contributed by atoms with Crippen molar-refractivity contribution in [1.82, 2.24) is 4.98 Å². The molecule has 0 spiro atoms. The lowest BCUT2D eigenvalue weighted by Gasteiger charge is -2.10. The standard InChI is InChI=1S/C18H9B3ClN/c19-14-13-11-7-6-10(9-4-2-1-3-5-9)8-12(11)23-18(13)16(21)15(20)17(14)22/h1-8,23H. The second-order valence-corrected chi connectivity index (χ2v) is 5.93. The van der Waals surface area contributed by atoms with Gasteiger partial charge < -0.3 is 4.98 Å². The molecule has 102 valence electrons. The number of nitrogens with one attached hydrogen (secondary N) is 1.